The fourth-order valence-corrected chi connectivity index (χ4v) is 3.45. The van der Waals surface area contributed by atoms with E-state index in [1.54, 1.807) is 36.4 Å². The van der Waals surface area contributed by atoms with Gasteiger partial charge < -0.3 is 4.42 Å². The maximum atomic E-state index is 12.4. The number of nitrogens with one attached hydrogen (secondary N) is 1. The van der Waals surface area contributed by atoms with Crippen LogP contribution in [-0.4, -0.2) is 8.42 Å². The molecule has 3 aromatic rings. The Morgan fingerprint density at radius 1 is 1.05 bits per heavy atom. The van der Waals surface area contributed by atoms with Gasteiger partial charge in [0.05, 0.1) is 9.41 Å². The molecular formula is C16H13NO3S2. The van der Waals surface area contributed by atoms with Crippen molar-refractivity contribution in [1.29, 1.82) is 0 Å². The molecule has 1 heterocycles. The molecule has 112 valence electrons. The van der Waals surface area contributed by atoms with Crippen LogP contribution in [-0.2, 0) is 10.0 Å². The zero-order valence-electron chi connectivity index (χ0n) is 11.7. The summed E-state index contributed by atoms with van der Waals surface area (Å²) >= 11 is 5.35. The van der Waals surface area contributed by atoms with Gasteiger partial charge in [0.1, 0.15) is 17.5 Å². The normalized spacial score (nSPS) is 11.5. The average Bonchev–Trinajstić information content (AvgIpc) is 2.51. The molecule has 0 bridgehead atoms. The van der Waals surface area contributed by atoms with E-state index in [0.29, 0.717) is 15.5 Å². The highest BCUT2D eigenvalue weighted by Gasteiger charge is 2.15. The third-order valence-corrected chi connectivity index (χ3v) is 5.08. The minimum atomic E-state index is -3.70. The third-order valence-electron chi connectivity index (χ3n) is 3.26. The molecule has 2 aromatic carbocycles. The van der Waals surface area contributed by atoms with Crippen molar-refractivity contribution in [2.24, 2.45) is 0 Å². The zero-order valence-corrected chi connectivity index (χ0v) is 13.4. The number of hydrogen-bond acceptors (Lipinski definition) is 4. The molecule has 0 saturated carbocycles. The van der Waals surface area contributed by atoms with Crippen molar-refractivity contribution in [3.8, 4) is 0 Å². The standard InChI is InChI=1S/C16H13NO3S2/c1-11-6-8-12(9-7-11)22(18,19)17-14-10-20-15-5-3-2-4-13(15)16(14)21/h2-10,17H,1H3. The van der Waals surface area contributed by atoms with Gasteiger partial charge in [0.15, 0.2) is 0 Å². The van der Waals surface area contributed by atoms with Crippen LogP contribution in [0, 0.1) is 11.4 Å². The Morgan fingerprint density at radius 3 is 2.45 bits per heavy atom. The van der Waals surface area contributed by atoms with Gasteiger partial charge in [0.2, 0.25) is 0 Å². The molecule has 0 fully saturated rings. The Kier molecular flexibility index (Phi) is 3.72. The molecule has 22 heavy (non-hydrogen) atoms. The molecule has 0 aliphatic rings. The van der Waals surface area contributed by atoms with Crippen LogP contribution in [0.15, 0.2) is 64.1 Å². The van der Waals surface area contributed by atoms with Crippen molar-refractivity contribution in [2.75, 3.05) is 4.72 Å². The van der Waals surface area contributed by atoms with Crippen molar-refractivity contribution >= 4 is 38.9 Å². The second-order valence-corrected chi connectivity index (χ2v) is 6.98. The number of sulfonamides is 1. The van der Waals surface area contributed by atoms with Gasteiger partial charge in [-0.1, -0.05) is 42.0 Å². The molecule has 0 amide bonds. The van der Waals surface area contributed by atoms with E-state index in [0.717, 1.165) is 5.56 Å². The van der Waals surface area contributed by atoms with Gasteiger partial charge in [-0.2, -0.15) is 0 Å². The molecule has 0 spiro atoms. The van der Waals surface area contributed by atoms with Crippen molar-refractivity contribution in [2.45, 2.75) is 11.8 Å². The third kappa shape index (κ3) is 2.75. The number of anilines is 1. The van der Waals surface area contributed by atoms with Crippen molar-refractivity contribution in [3.63, 3.8) is 0 Å². The van der Waals surface area contributed by atoms with Gasteiger partial charge in [-0.25, -0.2) is 8.42 Å². The minimum absolute atomic E-state index is 0.181. The molecule has 0 atom stereocenters. The summed E-state index contributed by atoms with van der Waals surface area (Å²) in [6, 6.07) is 13.8. The van der Waals surface area contributed by atoms with E-state index in [1.807, 2.05) is 19.1 Å². The molecule has 1 N–H and O–H groups in total. The quantitative estimate of drug-likeness (QED) is 0.728. The number of para-hydroxylation sites is 1. The van der Waals surface area contributed by atoms with Crippen LogP contribution in [0.3, 0.4) is 0 Å². The highest BCUT2D eigenvalue weighted by atomic mass is 32.2. The van der Waals surface area contributed by atoms with E-state index < -0.39 is 10.0 Å². The summed E-state index contributed by atoms with van der Waals surface area (Å²) in [5.41, 5.74) is 1.86. The minimum Gasteiger partial charge on any atom is -0.462 e. The van der Waals surface area contributed by atoms with E-state index >= 15 is 0 Å². The molecule has 0 radical (unpaired) electrons. The highest BCUT2D eigenvalue weighted by molar-refractivity contribution is 7.92. The molecule has 6 heteroatoms. The van der Waals surface area contributed by atoms with Gasteiger partial charge in [0.25, 0.3) is 10.0 Å². The van der Waals surface area contributed by atoms with Gasteiger partial charge in [-0.15, -0.1) is 0 Å². The average molecular weight is 331 g/mol. The highest BCUT2D eigenvalue weighted by Crippen LogP contribution is 2.24. The van der Waals surface area contributed by atoms with Crippen LogP contribution < -0.4 is 4.72 Å². The van der Waals surface area contributed by atoms with Crippen LogP contribution in [0.5, 0.6) is 0 Å². The van der Waals surface area contributed by atoms with E-state index in [-0.39, 0.29) is 10.6 Å². The molecule has 3 rings (SSSR count). The topological polar surface area (TPSA) is 59.3 Å². The van der Waals surface area contributed by atoms with Gasteiger partial charge in [0, 0.05) is 5.39 Å². The van der Waals surface area contributed by atoms with Crippen molar-refractivity contribution in [3.05, 3.63) is 64.9 Å². The van der Waals surface area contributed by atoms with E-state index in [2.05, 4.69) is 4.72 Å². The molecule has 1 aromatic heterocycles. The monoisotopic (exact) mass is 331 g/mol. The zero-order chi connectivity index (χ0) is 15.7. The summed E-state index contributed by atoms with van der Waals surface area (Å²) in [5, 5.41) is 0.696. The summed E-state index contributed by atoms with van der Waals surface area (Å²) in [5.74, 6) is 0. The summed E-state index contributed by atoms with van der Waals surface area (Å²) in [6.07, 6.45) is 1.33. The van der Waals surface area contributed by atoms with Crippen LogP contribution in [0.1, 0.15) is 5.56 Å². The Labute approximate surface area is 133 Å². The Hall–Kier alpha value is -2.18. The summed E-state index contributed by atoms with van der Waals surface area (Å²) in [4.78, 5) is 0.181. The molecular weight excluding hydrogens is 318 g/mol. The molecule has 0 saturated heterocycles. The first-order chi connectivity index (χ1) is 10.5. The number of benzene rings is 2. The second kappa shape index (κ2) is 5.55. The van der Waals surface area contributed by atoms with Gasteiger partial charge in [-0.05, 0) is 31.2 Å². The lowest BCUT2D eigenvalue weighted by atomic mass is 10.2. The summed E-state index contributed by atoms with van der Waals surface area (Å²) < 4.78 is 33.1. The van der Waals surface area contributed by atoms with E-state index in [1.165, 1.54) is 6.26 Å². The fourth-order valence-electron chi connectivity index (χ4n) is 2.07. The number of aryl methyl sites for hydroxylation is 1. The lowest BCUT2D eigenvalue weighted by molar-refractivity contribution is 0.596. The van der Waals surface area contributed by atoms with Crippen LogP contribution >= 0.6 is 12.2 Å². The summed E-state index contributed by atoms with van der Waals surface area (Å²) in [7, 11) is -3.70. The van der Waals surface area contributed by atoms with Crippen LogP contribution in [0.25, 0.3) is 11.0 Å². The smallest absolute Gasteiger partial charge is 0.262 e. The molecule has 4 nitrogen and oxygen atoms in total. The van der Waals surface area contributed by atoms with Crippen molar-refractivity contribution in [1.82, 2.24) is 0 Å². The molecule has 0 aliphatic heterocycles. The number of rotatable bonds is 3. The Balaban J connectivity index is 2.04. The number of hydrogen-bond donors (Lipinski definition) is 1. The first kappa shape index (κ1) is 14.7. The Morgan fingerprint density at radius 2 is 1.73 bits per heavy atom. The van der Waals surface area contributed by atoms with Gasteiger partial charge in [-0.3, -0.25) is 4.72 Å². The lowest BCUT2D eigenvalue weighted by Crippen LogP contribution is -2.13. The predicted molar refractivity (Wildman–Crippen MR) is 89.0 cm³/mol. The Bertz CT molecular complexity index is 990. The largest absolute Gasteiger partial charge is 0.462 e. The van der Waals surface area contributed by atoms with E-state index in [9.17, 15) is 8.42 Å². The lowest BCUT2D eigenvalue weighted by Gasteiger charge is -2.09. The van der Waals surface area contributed by atoms with Crippen LogP contribution in [0.2, 0.25) is 0 Å². The van der Waals surface area contributed by atoms with Crippen LogP contribution in [0.4, 0.5) is 5.69 Å². The molecule has 0 aliphatic carbocycles. The van der Waals surface area contributed by atoms with Crippen molar-refractivity contribution < 1.29 is 12.8 Å². The number of fused-ring (bicyclic) bond motifs is 1. The first-order valence-electron chi connectivity index (χ1n) is 6.57. The molecule has 0 unspecified atom stereocenters. The summed E-state index contributed by atoms with van der Waals surface area (Å²) in [6.45, 7) is 1.90. The second-order valence-electron chi connectivity index (χ2n) is 4.89. The van der Waals surface area contributed by atoms with Gasteiger partial charge >= 0.3 is 0 Å². The fraction of sp³-hybridized carbons (Fsp3) is 0.0625. The first-order valence-corrected chi connectivity index (χ1v) is 8.46. The maximum Gasteiger partial charge on any atom is 0.262 e. The van der Waals surface area contributed by atoms with E-state index in [4.69, 9.17) is 16.6 Å². The predicted octanol–water partition coefficient (Wildman–Crippen LogP) is 4.27. The maximum absolute atomic E-state index is 12.4. The SMILES string of the molecule is Cc1ccc(S(=O)(=O)Nc2coc3ccccc3c2=S)cc1.